The molecule has 1 fully saturated rings. The van der Waals surface area contributed by atoms with Gasteiger partial charge in [0, 0.05) is 17.6 Å². The van der Waals surface area contributed by atoms with E-state index >= 15 is 0 Å². The largest absolute Gasteiger partial charge is 0.492 e. The van der Waals surface area contributed by atoms with Crippen LogP contribution in [0.25, 0.3) is 0 Å². The van der Waals surface area contributed by atoms with Gasteiger partial charge in [0.2, 0.25) is 0 Å². The number of carbonyl (C=O) groups excluding carboxylic acids is 1. The van der Waals surface area contributed by atoms with E-state index in [2.05, 4.69) is 18.7 Å². The van der Waals surface area contributed by atoms with Gasteiger partial charge in [0.1, 0.15) is 12.4 Å². The highest BCUT2D eigenvalue weighted by molar-refractivity contribution is 5.94. The maximum Gasteiger partial charge on any atom is 0.159 e. The Kier molecular flexibility index (Phi) is 4.59. The molecule has 1 atom stereocenters. The molecule has 19 heavy (non-hydrogen) atoms. The molecule has 0 radical (unpaired) electrons. The summed E-state index contributed by atoms with van der Waals surface area (Å²) in [6.45, 7) is 7.92. The van der Waals surface area contributed by atoms with Gasteiger partial charge in [-0.2, -0.15) is 0 Å². The predicted molar refractivity (Wildman–Crippen MR) is 76.8 cm³/mol. The molecule has 1 aromatic carbocycles. The predicted octanol–water partition coefficient (Wildman–Crippen LogP) is 3.14. The first-order valence-electron chi connectivity index (χ1n) is 7.07. The van der Waals surface area contributed by atoms with Gasteiger partial charge >= 0.3 is 0 Å². The van der Waals surface area contributed by atoms with E-state index in [1.807, 2.05) is 24.3 Å². The minimum absolute atomic E-state index is 0.0788. The molecule has 0 spiro atoms. The van der Waals surface area contributed by atoms with Gasteiger partial charge in [-0.3, -0.25) is 9.69 Å². The lowest BCUT2D eigenvalue weighted by atomic mass is 10.1. The SMILES string of the molecule is CC(=O)c1cccc(OC[C@@H]2CCCN2C(C)C)c1. The molecule has 1 aliphatic heterocycles. The van der Waals surface area contributed by atoms with Crippen LogP contribution in [-0.2, 0) is 0 Å². The first-order chi connectivity index (χ1) is 9.08. The summed E-state index contributed by atoms with van der Waals surface area (Å²) in [7, 11) is 0. The average molecular weight is 261 g/mol. The Morgan fingerprint density at radius 2 is 2.26 bits per heavy atom. The van der Waals surface area contributed by atoms with Gasteiger partial charge < -0.3 is 4.74 Å². The number of hydrogen-bond donors (Lipinski definition) is 0. The van der Waals surface area contributed by atoms with Crippen molar-refractivity contribution in [1.29, 1.82) is 0 Å². The van der Waals surface area contributed by atoms with Crippen molar-refractivity contribution in [2.45, 2.75) is 45.7 Å². The van der Waals surface area contributed by atoms with Crippen LogP contribution in [0, 0.1) is 0 Å². The van der Waals surface area contributed by atoms with Gasteiger partial charge in [0.05, 0.1) is 0 Å². The lowest BCUT2D eigenvalue weighted by Gasteiger charge is -2.28. The molecule has 0 unspecified atom stereocenters. The molecule has 0 amide bonds. The zero-order chi connectivity index (χ0) is 13.8. The number of ketones is 1. The van der Waals surface area contributed by atoms with E-state index < -0.39 is 0 Å². The molecule has 1 heterocycles. The number of rotatable bonds is 5. The fraction of sp³-hybridized carbons (Fsp3) is 0.562. The molecule has 0 aliphatic carbocycles. The van der Waals surface area contributed by atoms with Crippen molar-refractivity contribution in [1.82, 2.24) is 4.90 Å². The molecular weight excluding hydrogens is 238 g/mol. The number of nitrogens with zero attached hydrogens (tertiary/aromatic N) is 1. The maximum absolute atomic E-state index is 11.3. The maximum atomic E-state index is 11.3. The van der Waals surface area contributed by atoms with Crippen molar-refractivity contribution in [3.05, 3.63) is 29.8 Å². The van der Waals surface area contributed by atoms with Gasteiger partial charge in [0.25, 0.3) is 0 Å². The minimum Gasteiger partial charge on any atom is -0.492 e. The Balaban J connectivity index is 1.95. The monoisotopic (exact) mass is 261 g/mol. The molecule has 2 rings (SSSR count). The molecule has 3 heteroatoms. The van der Waals surface area contributed by atoms with Crippen LogP contribution in [0.3, 0.4) is 0 Å². The summed E-state index contributed by atoms with van der Waals surface area (Å²) in [5.41, 5.74) is 0.713. The van der Waals surface area contributed by atoms with Crippen LogP contribution in [0.2, 0.25) is 0 Å². The number of hydrogen-bond acceptors (Lipinski definition) is 3. The Labute approximate surface area is 115 Å². The van der Waals surface area contributed by atoms with Gasteiger partial charge in [-0.25, -0.2) is 0 Å². The van der Waals surface area contributed by atoms with E-state index in [1.54, 1.807) is 6.92 Å². The van der Waals surface area contributed by atoms with Crippen molar-refractivity contribution in [3.63, 3.8) is 0 Å². The van der Waals surface area contributed by atoms with E-state index in [0.717, 1.165) is 5.75 Å². The standard InChI is InChI=1S/C16H23NO2/c1-12(2)17-9-5-7-15(17)11-19-16-8-4-6-14(10-16)13(3)18/h4,6,8,10,12,15H,5,7,9,11H2,1-3H3/t15-/m0/s1. The third-order valence-corrected chi connectivity index (χ3v) is 3.77. The number of ether oxygens (including phenoxy) is 1. The van der Waals surface area contributed by atoms with Crippen molar-refractivity contribution in [2.24, 2.45) is 0 Å². The lowest BCUT2D eigenvalue weighted by molar-refractivity contribution is 0.101. The summed E-state index contributed by atoms with van der Waals surface area (Å²) in [5.74, 6) is 0.874. The highest BCUT2D eigenvalue weighted by Crippen LogP contribution is 2.21. The van der Waals surface area contributed by atoms with Gasteiger partial charge in [0.15, 0.2) is 5.78 Å². The Hall–Kier alpha value is -1.35. The molecule has 0 bridgehead atoms. The van der Waals surface area contributed by atoms with Crippen molar-refractivity contribution >= 4 is 5.78 Å². The Bertz CT molecular complexity index is 442. The number of carbonyl (C=O) groups is 1. The van der Waals surface area contributed by atoms with Gasteiger partial charge in [-0.15, -0.1) is 0 Å². The second-order valence-electron chi connectivity index (χ2n) is 5.52. The second-order valence-corrected chi connectivity index (χ2v) is 5.52. The Morgan fingerprint density at radius 3 is 2.95 bits per heavy atom. The molecular formula is C16H23NO2. The van der Waals surface area contributed by atoms with Crippen LogP contribution in [0.1, 0.15) is 44.0 Å². The summed E-state index contributed by atoms with van der Waals surface area (Å²) in [5, 5.41) is 0. The van der Waals surface area contributed by atoms with Crippen LogP contribution >= 0.6 is 0 Å². The van der Waals surface area contributed by atoms with E-state index in [9.17, 15) is 4.79 Å². The second kappa shape index (κ2) is 6.20. The number of benzene rings is 1. The van der Waals surface area contributed by atoms with Crippen LogP contribution in [0.5, 0.6) is 5.75 Å². The zero-order valence-corrected chi connectivity index (χ0v) is 12.1. The third-order valence-electron chi connectivity index (χ3n) is 3.77. The first-order valence-corrected chi connectivity index (χ1v) is 7.07. The van der Waals surface area contributed by atoms with Crippen LogP contribution in [0.4, 0.5) is 0 Å². The average Bonchev–Trinajstić information content (AvgIpc) is 2.85. The van der Waals surface area contributed by atoms with Crippen LogP contribution in [0.15, 0.2) is 24.3 Å². The minimum atomic E-state index is 0.0788. The summed E-state index contributed by atoms with van der Waals surface area (Å²) >= 11 is 0. The van der Waals surface area contributed by atoms with E-state index in [1.165, 1.54) is 19.4 Å². The molecule has 0 saturated carbocycles. The normalized spacial score (nSPS) is 19.9. The summed E-state index contributed by atoms with van der Waals surface area (Å²) in [4.78, 5) is 13.8. The third kappa shape index (κ3) is 3.57. The summed E-state index contributed by atoms with van der Waals surface area (Å²) < 4.78 is 5.87. The van der Waals surface area contributed by atoms with E-state index in [-0.39, 0.29) is 5.78 Å². The molecule has 1 aliphatic rings. The molecule has 3 nitrogen and oxygen atoms in total. The molecule has 0 N–H and O–H groups in total. The van der Waals surface area contributed by atoms with E-state index in [4.69, 9.17) is 4.74 Å². The summed E-state index contributed by atoms with van der Waals surface area (Å²) in [6.07, 6.45) is 2.45. The van der Waals surface area contributed by atoms with Crippen LogP contribution in [-0.4, -0.2) is 35.9 Å². The van der Waals surface area contributed by atoms with E-state index in [0.29, 0.717) is 24.3 Å². The lowest BCUT2D eigenvalue weighted by Crippen LogP contribution is -2.39. The first kappa shape index (κ1) is 14.1. The topological polar surface area (TPSA) is 29.5 Å². The summed E-state index contributed by atoms with van der Waals surface area (Å²) in [6, 6.07) is 8.52. The van der Waals surface area contributed by atoms with Crippen molar-refractivity contribution in [3.8, 4) is 5.75 Å². The van der Waals surface area contributed by atoms with Crippen LogP contribution < -0.4 is 4.74 Å². The molecule has 1 saturated heterocycles. The number of likely N-dealkylation sites (tertiary alicyclic amines) is 1. The fourth-order valence-electron chi connectivity index (χ4n) is 2.71. The van der Waals surface area contributed by atoms with Gasteiger partial charge in [-0.1, -0.05) is 12.1 Å². The highest BCUT2D eigenvalue weighted by Gasteiger charge is 2.26. The molecule has 1 aromatic rings. The van der Waals surface area contributed by atoms with Gasteiger partial charge in [-0.05, 0) is 52.3 Å². The molecule has 0 aromatic heterocycles. The van der Waals surface area contributed by atoms with Crippen molar-refractivity contribution < 1.29 is 9.53 Å². The highest BCUT2D eigenvalue weighted by atomic mass is 16.5. The zero-order valence-electron chi connectivity index (χ0n) is 12.1. The van der Waals surface area contributed by atoms with Crippen molar-refractivity contribution in [2.75, 3.05) is 13.2 Å². The fourth-order valence-corrected chi connectivity index (χ4v) is 2.71. The quantitative estimate of drug-likeness (QED) is 0.763. The number of Topliss-reactive ketones (excluding diaryl/α,β-unsaturated/α-hetero) is 1. The smallest absolute Gasteiger partial charge is 0.159 e. The Morgan fingerprint density at radius 1 is 1.47 bits per heavy atom. The molecule has 104 valence electrons.